The van der Waals surface area contributed by atoms with Crippen molar-refractivity contribution < 1.29 is 0 Å². The Morgan fingerprint density at radius 3 is 2.71 bits per heavy atom. The van der Waals surface area contributed by atoms with Gasteiger partial charge in [-0.25, -0.2) is 4.98 Å². The zero-order valence-corrected chi connectivity index (χ0v) is 10.3. The molecule has 0 aliphatic heterocycles. The first-order chi connectivity index (χ1) is 6.59. The molecule has 1 aromatic heterocycles. The molecule has 72 valence electrons. The van der Waals surface area contributed by atoms with Gasteiger partial charge in [0.2, 0.25) is 0 Å². The molecule has 2 aromatic rings. The van der Waals surface area contributed by atoms with E-state index in [1.54, 1.807) is 0 Å². The van der Waals surface area contributed by atoms with Gasteiger partial charge < -0.3 is 0 Å². The fourth-order valence-electron chi connectivity index (χ4n) is 1.56. The van der Waals surface area contributed by atoms with Crippen molar-refractivity contribution in [3.63, 3.8) is 0 Å². The van der Waals surface area contributed by atoms with Gasteiger partial charge >= 0.3 is 0 Å². The van der Waals surface area contributed by atoms with Crippen LogP contribution in [0.25, 0.3) is 10.9 Å². The van der Waals surface area contributed by atoms with Crippen molar-refractivity contribution >= 4 is 38.4 Å². The average Bonchev–Trinajstić information content (AvgIpc) is 2.14. The first-order valence-electron chi connectivity index (χ1n) is 4.31. The van der Waals surface area contributed by atoms with Gasteiger partial charge in [-0.05, 0) is 43.2 Å². The maximum absolute atomic E-state index is 5.84. The van der Waals surface area contributed by atoms with E-state index in [0.717, 1.165) is 15.4 Å². The van der Waals surface area contributed by atoms with E-state index in [4.69, 9.17) is 11.6 Å². The van der Waals surface area contributed by atoms with Gasteiger partial charge in [0.15, 0.2) is 0 Å². The predicted octanol–water partition coefficient (Wildman–Crippen LogP) is 4.27. The quantitative estimate of drug-likeness (QED) is 0.652. The van der Waals surface area contributed by atoms with Crippen LogP contribution >= 0.6 is 27.5 Å². The Labute approximate surface area is 96.2 Å². The summed E-state index contributed by atoms with van der Waals surface area (Å²) in [7, 11) is 0. The summed E-state index contributed by atoms with van der Waals surface area (Å²) in [5, 5.41) is 1.69. The number of nitrogens with zero attached hydrogens (tertiary/aromatic N) is 1. The molecular formula is C11H9BrClN. The van der Waals surface area contributed by atoms with Gasteiger partial charge in [-0.2, -0.15) is 0 Å². The Bertz CT molecular complexity index is 508. The number of benzene rings is 1. The molecule has 0 aliphatic rings. The van der Waals surface area contributed by atoms with E-state index in [0.29, 0.717) is 5.15 Å². The van der Waals surface area contributed by atoms with Gasteiger partial charge in [0, 0.05) is 9.86 Å². The molecule has 0 spiro atoms. The number of rotatable bonds is 0. The summed E-state index contributed by atoms with van der Waals surface area (Å²) in [6.45, 7) is 4.13. The number of pyridine rings is 1. The Balaban J connectivity index is 2.91. The van der Waals surface area contributed by atoms with E-state index >= 15 is 0 Å². The van der Waals surface area contributed by atoms with Gasteiger partial charge in [-0.15, -0.1) is 0 Å². The lowest BCUT2D eigenvalue weighted by Crippen LogP contribution is -1.87. The maximum atomic E-state index is 5.84. The molecule has 0 amide bonds. The molecule has 1 aromatic carbocycles. The lowest BCUT2D eigenvalue weighted by atomic mass is 10.1. The molecule has 0 aliphatic carbocycles. The molecule has 3 heteroatoms. The van der Waals surface area contributed by atoms with Crippen molar-refractivity contribution in [3.05, 3.63) is 39.0 Å². The number of fused-ring (bicyclic) bond motifs is 1. The van der Waals surface area contributed by atoms with Gasteiger partial charge in [0.25, 0.3) is 0 Å². The van der Waals surface area contributed by atoms with E-state index in [1.807, 2.05) is 18.2 Å². The van der Waals surface area contributed by atoms with Crippen LogP contribution in [-0.4, -0.2) is 4.98 Å². The molecule has 0 saturated carbocycles. The summed E-state index contributed by atoms with van der Waals surface area (Å²) in [4.78, 5) is 4.28. The van der Waals surface area contributed by atoms with Crippen molar-refractivity contribution in [1.82, 2.24) is 4.98 Å². The molecule has 0 radical (unpaired) electrons. The highest BCUT2D eigenvalue weighted by molar-refractivity contribution is 9.10. The standard InChI is InChI=1S/C11H9BrClN/c1-6-5-9-8(7(2)11(6)12)3-4-10(13)14-9/h3-5H,1-2H3. The van der Waals surface area contributed by atoms with Crippen molar-refractivity contribution in [1.29, 1.82) is 0 Å². The largest absolute Gasteiger partial charge is 0.236 e. The highest BCUT2D eigenvalue weighted by Crippen LogP contribution is 2.28. The van der Waals surface area contributed by atoms with Crippen LogP contribution < -0.4 is 0 Å². The molecule has 0 atom stereocenters. The molecule has 0 bridgehead atoms. The highest BCUT2D eigenvalue weighted by Gasteiger charge is 2.06. The van der Waals surface area contributed by atoms with Crippen LogP contribution in [0.4, 0.5) is 0 Å². The average molecular weight is 271 g/mol. The molecule has 0 N–H and O–H groups in total. The third kappa shape index (κ3) is 1.53. The predicted molar refractivity (Wildman–Crippen MR) is 63.9 cm³/mol. The van der Waals surface area contributed by atoms with Crippen LogP contribution in [0.15, 0.2) is 22.7 Å². The molecule has 0 unspecified atom stereocenters. The van der Waals surface area contributed by atoms with Gasteiger partial charge in [0.05, 0.1) is 5.52 Å². The van der Waals surface area contributed by atoms with E-state index in [1.165, 1.54) is 11.1 Å². The smallest absolute Gasteiger partial charge is 0.129 e. The maximum Gasteiger partial charge on any atom is 0.129 e. The van der Waals surface area contributed by atoms with Crippen molar-refractivity contribution in [2.75, 3.05) is 0 Å². The fourth-order valence-corrected chi connectivity index (χ4v) is 2.04. The third-order valence-electron chi connectivity index (χ3n) is 2.32. The van der Waals surface area contributed by atoms with Crippen LogP contribution in [0.2, 0.25) is 5.15 Å². The first-order valence-corrected chi connectivity index (χ1v) is 5.48. The molecule has 1 heterocycles. The Kier molecular flexibility index (Phi) is 2.50. The zero-order chi connectivity index (χ0) is 10.3. The molecule has 0 fully saturated rings. The van der Waals surface area contributed by atoms with E-state index in [9.17, 15) is 0 Å². The van der Waals surface area contributed by atoms with Gasteiger partial charge in [-0.3, -0.25) is 0 Å². The van der Waals surface area contributed by atoms with Crippen LogP contribution in [0.5, 0.6) is 0 Å². The summed E-state index contributed by atoms with van der Waals surface area (Å²) in [5.74, 6) is 0. The lowest BCUT2D eigenvalue weighted by Gasteiger charge is -2.07. The van der Waals surface area contributed by atoms with Crippen LogP contribution in [-0.2, 0) is 0 Å². The fraction of sp³-hybridized carbons (Fsp3) is 0.182. The van der Waals surface area contributed by atoms with E-state index in [-0.39, 0.29) is 0 Å². The number of hydrogen-bond donors (Lipinski definition) is 0. The van der Waals surface area contributed by atoms with Crippen molar-refractivity contribution in [3.8, 4) is 0 Å². The Hall–Kier alpha value is -0.600. The third-order valence-corrected chi connectivity index (χ3v) is 3.75. The van der Waals surface area contributed by atoms with Crippen LogP contribution in [0.3, 0.4) is 0 Å². The normalized spacial score (nSPS) is 10.9. The van der Waals surface area contributed by atoms with Crippen LogP contribution in [0, 0.1) is 13.8 Å². The molecule has 0 saturated heterocycles. The topological polar surface area (TPSA) is 12.9 Å². The minimum Gasteiger partial charge on any atom is -0.236 e. The minimum atomic E-state index is 0.540. The highest BCUT2D eigenvalue weighted by atomic mass is 79.9. The summed E-state index contributed by atoms with van der Waals surface area (Å²) in [6, 6.07) is 5.86. The number of halogens is 2. The number of hydrogen-bond acceptors (Lipinski definition) is 1. The first kappa shape index (κ1) is 9.94. The second-order valence-corrected chi connectivity index (χ2v) is 4.51. The monoisotopic (exact) mass is 269 g/mol. The molecule has 14 heavy (non-hydrogen) atoms. The number of aryl methyl sites for hydroxylation is 2. The van der Waals surface area contributed by atoms with E-state index in [2.05, 4.69) is 34.8 Å². The van der Waals surface area contributed by atoms with Gasteiger partial charge in [0.1, 0.15) is 5.15 Å². The molecule has 1 nitrogen and oxygen atoms in total. The zero-order valence-electron chi connectivity index (χ0n) is 7.94. The molecule has 2 rings (SSSR count). The summed E-state index contributed by atoms with van der Waals surface area (Å²) in [5.41, 5.74) is 3.35. The van der Waals surface area contributed by atoms with Crippen LogP contribution in [0.1, 0.15) is 11.1 Å². The van der Waals surface area contributed by atoms with Crippen molar-refractivity contribution in [2.45, 2.75) is 13.8 Å². The Morgan fingerprint density at radius 1 is 1.29 bits per heavy atom. The molecular weight excluding hydrogens is 261 g/mol. The van der Waals surface area contributed by atoms with Gasteiger partial charge in [-0.1, -0.05) is 27.5 Å². The summed E-state index contributed by atoms with van der Waals surface area (Å²) >= 11 is 9.40. The second kappa shape index (κ2) is 3.52. The lowest BCUT2D eigenvalue weighted by molar-refractivity contribution is 1.33. The summed E-state index contributed by atoms with van der Waals surface area (Å²) < 4.78 is 1.15. The Morgan fingerprint density at radius 2 is 2.00 bits per heavy atom. The second-order valence-electron chi connectivity index (χ2n) is 3.33. The SMILES string of the molecule is Cc1cc2nc(Cl)ccc2c(C)c1Br. The van der Waals surface area contributed by atoms with Crippen molar-refractivity contribution in [2.24, 2.45) is 0 Å². The minimum absolute atomic E-state index is 0.540. The van der Waals surface area contributed by atoms with E-state index < -0.39 is 0 Å². The number of aromatic nitrogens is 1. The summed E-state index contributed by atoms with van der Waals surface area (Å²) in [6.07, 6.45) is 0.